The van der Waals surface area contributed by atoms with Gasteiger partial charge in [-0.2, -0.15) is 0 Å². The molecular weight excluding hydrogens is 198 g/mol. The monoisotopic (exact) mass is 207 g/mol. The van der Waals surface area contributed by atoms with Crippen molar-refractivity contribution in [3.05, 3.63) is 70.1 Å². The summed E-state index contributed by atoms with van der Waals surface area (Å²) >= 11 is 0. The van der Waals surface area contributed by atoms with Crippen molar-refractivity contribution in [2.75, 3.05) is 0 Å². The van der Waals surface area contributed by atoms with Gasteiger partial charge in [0.25, 0.3) is 0 Å². The molecule has 0 N–H and O–H groups in total. The molecular formula is C13H9N3. The Hall–Kier alpha value is -2.25. The lowest BCUT2D eigenvalue weighted by molar-refractivity contribution is 0.887. The predicted octanol–water partition coefficient (Wildman–Crippen LogP) is 4.07. The van der Waals surface area contributed by atoms with Gasteiger partial charge in [0.05, 0.1) is 6.04 Å². The zero-order valence-electron chi connectivity index (χ0n) is 8.54. The van der Waals surface area contributed by atoms with Crippen LogP contribution in [0, 0.1) is 0 Å². The van der Waals surface area contributed by atoms with Gasteiger partial charge in [0.1, 0.15) is 0 Å². The fourth-order valence-electron chi connectivity index (χ4n) is 2.31. The standard InChI is InChI=1S/C13H9N3/c14-16-15-13-11-7-3-1-5-9(11)10-6-2-4-8-12(10)13/h1-8,13H. The molecule has 1 aliphatic rings. The van der Waals surface area contributed by atoms with E-state index in [9.17, 15) is 0 Å². The summed E-state index contributed by atoms with van der Waals surface area (Å²) in [7, 11) is 0. The van der Waals surface area contributed by atoms with Crippen molar-refractivity contribution in [2.45, 2.75) is 6.04 Å². The number of nitrogens with zero attached hydrogens (tertiary/aromatic N) is 3. The Morgan fingerprint density at radius 3 is 1.88 bits per heavy atom. The van der Waals surface area contributed by atoms with Gasteiger partial charge in [0, 0.05) is 4.91 Å². The van der Waals surface area contributed by atoms with E-state index in [0.29, 0.717) is 0 Å². The van der Waals surface area contributed by atoms with E-state index in [0.717, 1.165) is 11.1 Å². The molecule has 0 radical (unpaired) electrons. The molecule has 0 spiro atoms. The minimum atomic E-state index is -0.169. The highest BCUT2D eigenvalue weighted by atomic mass is 15.1. The molecule has 2 aromatic rings. The summed E-state index contributed by atoms with van der Waals surface area (Å²) < 4.78 is 0. The van der Waals surface area contributed by atoms with Crippen molar-refractivity contribution >= 4 is 0 Å². The summed E-state index contributed by atoms with van der Waals surface area (Å²) in [5, 5.41) is 3.89. The van der Waals surface area contributed by atoms with Gasteiger partial charge < -0.3 is 0 Å². The topological polar surface area (TPSA) is 48.8 Å². The Morgan fingerprint density at radius 2 is 1.38 bits per heavy atom. The van der Waals surface area contributed by atoms with Gasteiger partial charge in [-0.25, -0.2) is 0 Å². The van der Waals surface area contributed by atoms with Crippen LogP contribution < -0.4 is 0 Å². The molecule has 3 nitrogen and oxygen atoms in total. The largest absolute Gasteiger partial charge is 0.0888 e. The summed E-state index contributed by atoms with van der Waals surface area (Å²) in [6, 6.07) is 16.0. The summed E-state index contributed by atoms with van der Waals surface area (Å²) in [4.78, 5) is 2.94. The van der Waals surface area contributed by atoms with Crippen LogP contribution in [0.4, 0.5) is 0 Å². The second-order valence-corrected chi connectivity index (χ2v) is 3.78. The van der Waals surface area contributed by atoms with Crippen molar-refractivity contribution < 1.29 is 0 Å². The third-order valence-corrected chi connectivity index (χ3v) is 2.97. The molecule has 0 saturated carbocycles. The van der Waals surface area contributed by atoms with E-state index in [1.54, 1.807) is 0 Å². The molecule has 3 heteroatoms. The second-order valence-electron chi connectivity index (χ2n) is 3.78. The van der Waals surface area contributed by atoms with Crippen LogP contribution in [0.25, 0.3) is 21.6 Å². The third-order valence-electron chi connectivity index (χ3n) is 2.97. The van der Waals surface area contributed by atoms with E-state index >= 15 is 0 Å². The van der Waals surface area contributed by atoms with Crippen molar-refractivity contribution in [3.8, 4) is 11.1 Å². The SMILES string of the molecule is [N-]=[N+]=NC1c2ccccc2-c2ccccc21. The molecule has 76 valence electrons. The highest BCUT2D eigenvalue weighted by Crippen LogP contribution is 2.44. The fourth-order valence-corrected chi connectivity index (χ4v) is 2.31. The van der Waals surface area contributed by atoms with Gasteiger partial charge in [0.15, 0.2) is 0 Å². The maximum Gasteiger partial charge on any atom is 0.0888 e. The molecule has 0 atom stereocenters. The molecule has 0 fully saturated rings. The van der Waals surface area contributed by atoms with Crippen molar-refractivity contribution in [1.29, 1.82) is 0 Å². The van der Waals surface area contributed by atoms with E-state index in [4.69, 9.17) is 5.53 Å². The van der Waals surface area contributed by atoms with Crippen LogP contribution in [-0.4, -0.2) is 0 Å². The van der Waals surface area contributed by atoms with E-state index in [2.05, 4.69) is 22.2 Å². The van der Waals surface area contributed by atoms with E-state index < -0.39 is 0 Å². The maximum absolute atomic E-state index is 8.64. The summed E-state index contributed by atoms with van der Waals surface area (Å²) in [5.74, 6) is 0. The first-order valence-corrected chi connectivity index (χ1v) is 5.14. The molecule has 0 aromatic heterocycles. The molecule has 0 heterocycles. The molecule has 1 aliphatic carbocycles. The lowest BCUT2D eigenvalue weighted by atomic mass is 10.1. The normalized spacial score (nSPS) is 12.8. The Balaban J connectivity index is 2.33. The Labute approximate surface area is 93.0 Å². The van der Waals surface area contributed by atoms with Gasteiger partial charge in [-0.1, -0.05) is 53.6 Å². The summed E-state index contributed by atoms with van der Waals surface area (Å²) in [6.45, 7) is 0. The summed E-state index contributed by atoms with van der Waals surface area (Å²) in [5.41, 5.74) is 13.2. The molecule has 0 saturated heterocycles. The zero-order chi connectivity index (χ0) is 11.0. The Kier molecular flexibility index (Phi) is 1.92. The molecule has 3 rings (SSSR count). The molecule has 0 aliphatic heterocycles. The van der Waals surface area contributed by atoms with Crippen LogP contribution in [0.1, 0.15) is 17.2 Å². The lowest BCUT2D eigenvalue weighted by Gasteiger charge is -2.04. The van der Waals surface area contributed by atoms with Gasteiger partial charge in [-0.05, 0) is 27.8 Å². The number of hydrogen-bond acceptors (Lipinski definition) is 1. The minimum Gasteiger partial charge on any atom is -0.0811 e. The van der Waals surface area contributed by atoms with Gasteiger partial charge in [0.2, 0.25) is 0 Å². The quantitative estimate of drug-likeness (QED) is 0.384. The van der Waals surface area contributed by atoms with Crippen LogP contribution in [0.3, 0.4) is 0 Å². The smallest absolute Gasteiger partial charge is 0.0811 e. The lowest BCUT2D eigenvalue weighted by Crippen LogP contribution is -1.89. The third kappa shape index (κ3) is 1.12. The fraction of sp³-hybridized carbons (Fsp3) is 0.0769. The minimum absolute atomic E-state index is 0.169. The van der Waals surface area contributed by atoms with Gasteiger partial charge in [-0.3, -0.25) is 0 Å². The molecule has 16 heavy (non-hydrogen) atoms. The second kappa shape index (κ2) is 3.40. The van der Waals surface area contributed by atoms with Gasteiger partial charge in [-0.15, -0.1) is 0 Å². The number of fused-ring (bicyclic) bond motifs is 3. The Morgan fingerprint density at radius 1 is 0.875 bits per heavy atom. The first-order chi connectivity index (χ1) is 7.92. The summed E-state index contributed by atoms with van der Waals surface area (Å²) in [6.07, 6.45) is 0. The molecule has 2 aromatic carbocycles. The zero-order valence-corrected chi connectivity index (χ0v) is 8.54. The van der Waals surface area contributed by atoms with Crippen LogP contribution >= 0.6 is 0 Å². The van der Waals surface area contributed by atoms with Crippen molar-refractivity contribution in [1.82, 2.24) is 0 Å². The van der Waals surface area contributed by atoms with Gasteiger partial charge >= 0.3 is 0 Å². The number of rotatable bonds is 1. The molecule has 0 amide bonds. The number of azide groups is 1. The highest BCUT2D eigenvalue weighted by molar-refractivity contribution is 5.78. The number of benzene rings is 2. The van der Waals surface area contributed by atoms with Crippen molar-refractivity contribution in [2.24, 2.45) is 5.11 Å². The van der Waals surface area contributed by atoms with E-state index in [1.165, 1.54) is 11.1 Å². The molecule has 0 unspecified atom stereocenters. The Bertz CT molecular complexity index is 552. The molecule has 0 bridgehead atoms. The van der Waals surface area contributed by atoms with Crippen LogP contribution in [0.2, 0.25) is 0 Å². The van der Waals surface area contributed by atoms with Crippen LogP contribution in [-0.2, 0) is 0 Å². The van der Waals surface area contributed by atoms with Crippen LogP contribution in [0.5, 0.6) is 0 Å². The first-order valence-electron chi connectivity index (χ1n) is 5.14. The first kappa shape index (κ1) is 9.01. The maximum atomic E-state index is 8.64. The van der Waals surface area contributed by atoms with E-state index in [-0.39, 0.29) is 6.04 Å². The van der Waals surface area contributed by atoms with Crippen LogP contribution in [0.15, 0.2) is 53.6 Å². The number of hydrogen-bond donors (Lipinski definition) is 0. The average molecular weight is 207 g/mol. The average Bonchev–Trinajstić information content (AvgIpc) is 2.66. The highest BCUT2D eigenvalue weighted by Gasteiger charge is 2.26. The van der Waals surface area contributed by atoms with E-state index in [1.807, 2.05) is 36.4 Å². The predicted molar refractivity (Wildman–Crippen MR) is 62.9 cm³/mol. The van der Waals surface area contributed by atoms with Crippen molar-refractivity contribution in [3.63, 3.8) is 0 Å².